The van der Waals surface area contributed by atoms with Gasteiger partial charge >= 0.3 is 5.69 Å². The molecular weight excluding hydrogens is 329 g/mol. The Bertz CT molecular complexity index is 750. The lowest BCUT2D eigenvalue weighted by molar-refractivity contribution is 0.117. The van der Waals surface area contributed by atoms with Gasteiger partial charge in [0.1, 0.15) is 17.4 Å². The van der Waals surface area contributed by atoms with E-state index < -0.39 is 17.2 Å². The molecule has 1 aromatic carbocycles. The van der Waals surface area contributed by atoms with E-state index in [1.54, 1.807) is 0 Å². The van der Waals surface area contributed by atoms with Crippen LogP contribution in [0.15, 0.2) is 41.3 Å². The first-order valence-corrected chi connectivity index (χ1v) is 8.74. The van der Waals surface area contributed by atoms with Gasteiger partial charge in [-0.1, -0.05) is 29.8 Å². The van der Waals surface area contributed by atoms with E-state index >= 15 is 0 Å². The van der Waals surface area contributed by atoms with Gasteiger partial charge in [0.15, 0.2) is 0 Å². The second-order valence-electron chi connectivity index (χ2n) is 5.94. The lowest BCUT2D eigenvalue weighted by atomic mass is 10.2. The highest BCUT2D eigenvalue weighted by Crippen LogP contribution is 2.42. The Kier molecular flexibility index (Phi) is 5.20. The van der Waals surface area contributed by atoms with E-state index in [1.165, 1.54) is 34.2 Å². The number of nitrogen functional groups attached to an aromatic ring is 1. The number of anilines is 1. The van der Waals surface area contributed by atoms with Crippen molar-refractivity contribution in [3.63, 3.8) is 0 Å². The molecule has 1 aromatic heterocycles. The van der Waals surface area contributed by atoms with Gasteiger partial charge < -0.3 is 10.5 Å². The molecule has 3 unspecified atom stereocenters. The Balaban J connectivity index is 1.55. The molecule has 3 rings (SSSR count). The number of rotatable bonds is 5. The first kappa shape index (κ1) is 17.0. The number of thioether (sulfide) groups is 1. The van der Waals surface area contributed by atoms with Crippen LogP contribution in [0.2, 0.25) is 0 Å². The Labute approximate surface area is 144 Å². The number of benzene rings is 1. The predicted octanol–water partition coefficient (Wildman–Crippen LogP) is 2.69. The van der Waals surface area contributed by atoms with Crippen LogP contribution >= 0.6 is 11.8 Å². The molecular formula is C17H20FN3O2S. The van der Waals surface area contributed by atoms with Crippen molar-refractivity contribution in [3.8, 4) is 0 Å². The maximum absolute atomic E-state index is 14.3. The molecule has 1 aliphatic rings. The standard InChI is InChI=1S/C17H20FN3O2S/c1-11-2-4-12(5-3-11)9-23-10-13-8-14(18)16(24-13)21-7-6-15(19)20-17(21)22/h2-7,13-14,16H,8-10H2,1H3,(H2,19,20,22). The number of halogens is 1. The molecule has 2 N–H and O–H groups in total. The zero-order chi connectivity index (χ0) is 17.1. The first-order valence-electron chi connectivity index (χ1n) is 7.80. The maximum atomic E-state index is 14.3. The van der Waals surface area contributed by atoms with Crippen molar-refractivity contribution in [1.82, 2.24) is 9.55 Å². The summed E-state index contributed by atoms with van der Waals surface area (Å²) >= 11 is 1.41. The molecule has 3 atom stereocenters. The minimum Gasteiger partial charge on any atom is -0.383 e. The summed E-state index contributed by atoms with van der Waals surface area (Å²) in [6.45, 7) is 2.99. The minimum atomic E-state index is -1.11. The van der Waals surface area contributed by atoms with Gasteiger partial charge in [-0.2, -0.15) is 4.98 Å². The largest absolute Gasteiger partial charge is 0.383 e. The van der Waals surface area contributed by atoms with Crippen molar-refractivity contribution in [2.24, 2.45) is 0 Å². The van der Waals surface area contributed by atoms with Gasteiger partial charge in [0.25, 0.3) is 0 Å². The van der Waals surface area contributed by atoms with Gasteiger partial charge in [0.05, 0.1) is 13.2 Å². The quantitative estimate of drug-likeness (QED) is 0.899. The van der Waals surface area contributed by atoms with Crippen LogP contribution in [0.1, 0.15) is 22.9 Å². The lowest BCUT2D eigenvalue weighted by Crippen LogP contribution is -2.28. The molecule has 0 radical (unpaired) electrons. The third-order valence-electron chi connectivity index (χ3n) is 3.95. The molecule has 0 bridgehead atoms. The number of ether oxygens (including phenoxy) is 1. The number of aromatic nitrogens is 2. The Morgan fingerprint density at radius 2 is 2.12 bits per heavy atom. The van der Waals surface area contributed by atoms with Crippen molar-refractivity contribution in [1.29, 1.82) is 0 Å². The van der Waals surface area contributed by atoms with E-state index in [-0.39, 0.29) is 11.1 Å². The molecule has 0 aliphatic carbocycles. The normalized spacial score (nSPS) is 23.5. The summed E-state index contributed by atoms with van der Waals surface area (Å²) in [4.78, 5) is 15.5. The smallest absolute Gasteiger partial charge is 0.350 e. The Morgan fingerprint density at radius 1 is 1.38 bits per heavy atom. The summed E-state index contributed by atoms with van der Waals surface area (Å²) in [5.41, 5.74) is 7.25. The first-order chi connectivity index (χ1) is 11.5. The molecule has 1 fully saturated rings. The van der Waals surface area contributed by atoms with Crippen LogP contribution in [0.4, 0.5) is 10.2 Å². The van der Waals surface area contributed by atoms with E-state index in [0.717, 1.165) is 5.56 Å². The summed E-state index contributed by atoms with van der Waals surface area (Å²) in [7, 11) is 0. The third-order valence-corrected chi connectivity index (χ3v) is 5.46. The van der Waals surface area contributed by atoms with Gasteiger partial charge in [0.2, 0.25) is 0 Å². The fourth-order valence-corrected chi connectivity index (χ4v) is 4.10. The SMILES string of the molecule is Cc1ccc(COCC2CC(F)C(n3ccc(N)nc3=O)S2)cc1. The highest BCUT2D eigenvalue weighted by atomic mass is 32.2. The molecule has 2 heterocycles. The summed E-state index contributed by atoms with van der Waals surface area (Å²) in [6, 6.07) is 9.64. The van der Waals surface area contributed by atoms with Crippen LogP contribution in [0.25, 0.3) is 0 Å². The van der Waals surface area contributed by atoms with E-state index in [2.05, 4.69) is 4.98 Å². The number of aryl methyl sites for hydroxylation is 1. The van der Waals surface area contributed by atoms with Crippen LogP contribution in [0.5, 0.6) is 0 Å². The maximum Gasteiger partial charge on any atom is 0.350 e. The average Bonchev–Trinajstić information content (AvgIpc) is 2.90. The van der Waals surface area contributed by atoms with Crippen LogP contribution < -0.4 is 11.4 Å². The molecule has 1 saturated heterocycles. The molecule has 128 valence electrons. The van der Waals surface area contributed by atoms with E-state index in [9.17, 15) is 9.18 Å². The number of hydrogen-bond donors (Lipinski definition) is 1. The lowest BCUT2D eigenvalue weighted by Gasteiger charge is -2.15. The highest BCUT2D eigenvalue weighted by molar-refractivity contribution is 8.00. The van der Waals surface area contributed by atoms with Crippen LogP contribution in [0.3, 0.4) is 0 Å². The third kappa shape index (κ3) is 3.96. The monoisotopic (exact) mass is 349 g/mol. The van der Waals surface area contributed by atoms with Crippen LogP contribution in [-0.4, -0.2) is 27.6 Å². The zero-order valence-electron chi connectivity index (χ0n) is 13.4. The second kappa shape index (κ2) is 7.36. The van der Waals surface area contributed by atoms with E-state index in [4.69, 9.17) is 10.5 Å². The van der Waals surface area contributed by atoms with Crippen molar-refractivity contribution in [2.75, 3.05) is 12.3 Å². The zero-order valence-corrected chi connectivity index (χ0v) is 14.2. The number of hydrogen-bond acceptors (Lipinski definition) is 5. The van der Waals surface area contributed by atoms with Gasteiger partial charge in [-0.15, -0.1) is 11.8 Å². The number of nitrogens with two attached hydrogens (primary N) is 1. The van der Waals surface area contributed by atoms with Crippen molar-refractivity contribution >= 4 is 17.6 Å². The average molecular weight is 349 g/mol. The molecule has 2 aromatic rings. The predicted molar refractivity (Wildman–Crippen MR) is 93.7 cm³/mol. The van der Waals surface area contributed by atoms with Crippen molar-refractivity contribution in [2.45, 2.75) is 36.7 Å². The van der Waals surface area contributed by atoms with E-state index in [1.807, 2.05) is 31.2 Å². The summed E-state index contributed by atoms with van der Waals surface area (Å²) < 4.78 is 21.3. The molecule has 0 spiro atoms. The molecule has 0 saturated carbocycles. The van der Waals surface area contributed by atoms with Gasteiger partial charge in [-0.3, -0.25) is 4.57 Å². The van der Waals surface area contributed by atoms with Crippen molar-refractivity contribution < 1.29 is 9.13 Å². The van der Waals surface area contributed by atoms with Gasteiger partial charge in [0, 0.05) is 11.4 Å². The highest BCUT2D eigenvalue weighted by Gasteiger charge is 2.37. The number of alkyl halides is 1. The fourth-order valence-electron chi connectivity index (χ4n) is 2.66. The number of nitrogens with zero attached hydrogens (tertiary/aromatic N) is 2. The second-order valence-corrected chi connectivity index (χ2v) is 7.37. The Morgan fingerprint density at radius 3 is 2.83 bits per heavy atom. The van der Waals surface area contributed by atoms with Crippen LogP contribution in [0, 0.1) is 6.92 Å². The van der Waals surface area contributed by atoms with Gasteiger partial charge in [-0.25, -0.2) is 9.18 Å². The molecule has 1 aliphatic heterocycles. The van der Waals surface area contributed by atoms with E-state index in [0.29, 0.717) is 19.6 Å². The van der Waals surface area contributed by atoms with Crippen molar-refractivity contribution in [3.05, 3.63) is 58.1 Å². The molecule has 7 heteroatoms. The summed E-state index contributed by atoms with van der Waals surface area (Å²) in [5.74, 6) is 0.146. The van der Waals surface area contributed by atoms with Gasteiger partial charge in [-0.05, 0) is 25.0 Å². The fraction of sp³-hybridized carbons (Fsp3) is 0.412. The molecule has 24 heavy (non-hydrogen) atoms. The molecule has 0 amide bonds. The topological polar surface area (TPSA) is 70.1 Å². The summed E-state index contributed by atoms with van der Waals surface area (Å²) in [6.07, 6.45) is 0.760. The van der Waals surface area contributed by atoms with Crippen LogP contribution in [-0.2, 0) is 11.3 Å². The summed E-state index contributed by atoms with van der Waals surface area (Å²) in [5, 5.41) is -0.557. The molecule has 5 nitrogen and oxygen atoms in total. The minimum absolute atomic E-state index is 0.0138. The Hall–Kier alpha value is -1.86.